The SMILES string of the molecule is Cc1ccc(Cl)cc1-n1ncc2c(NNC(=O)c3ccncc3)ncnc21. The van der Waals surface area contributed by atoms with Gasteiger partial charge in [-0.15, -0.1) is 0 Å². The minimum absolute atomic E-state index is 0.303. The number of nitrogens with zero attached hydrogens (tertiary/aromatic N) is 5. The van der Waals surface area contributed by atoms with Gasteiger partial charge in [0.2, 0.25) is 0 Å². The van der Waals surface area contributed by atoms with Crippen molar-refractivity contribution < 1.29 is 4.79 Å². The molecule has 0 bridgehead atoms. The minimum atomic E-state index is -0.303. The van der Waals surface area contributed by atoms with Crippen molar-refractivity contribution >= 4 is 34.4 Å². The van der Waals surface area contributed by atoms with Crippen LogP contribution < -0.4 is 10.9 Å². The first-order chi connectivity index (χ1) is 13.1. The molecule has 0 saturated carbocycles. The summed E-state index contributed by atoms with van der Waals surface area (Å²) in [5.41, 5.74) is 8.34. The number of carbonyl (C=O) groups is 1. The van der Waals surface area contributed by atoms with Gasteiger partial charge in [-0.3, -0.25) is 20.6 Å². The van der Waals surface area contributed by atoms with Crippen LogP contribution in [0.2, 0.25) is 5.02 Å². The van der Waals surface area contributed by atoms with Gasteiger partial charge in [0, 0.05) is 23.0 Å². The summed E-state index contributed by atoms with van der Waals surface area (Å²) in [6, 6.07) is 8.80. The van der Waals surface area contributed by atoms with Crippen LogP contribution in [0.25, 0.3) is 16.7 Å². The van der Waals surface area contributed by atoms with Gasteiger partial charge in [-0.25, -0.2) is 14.6 Å². The lowest BCUT2D eigenvalue weighted by atomic mass is 10.2. The van der Waals surface area contributed by atoms with Gasteiger partial charge >= 0.3 is 0 Å². The summed E-state index contributed by atoms with van der Waals surface area (Å²) in [4.78, 5) is 24.6. The summed E-state index contributed by atoms with van der Waals surface area (Å²) in [6.45, 7) is 1.97. The van der Waals surface area contributed by atoms with Crippen molar-refractivity contribution in [1.29, 1.82) is 0 Å². The highest BCUT2D eigenvalue weighted by Crippen LogP contribution is 2.24. The number of carbonyl (C=O) groups excluding carboxylic acids is 1. The molecule has 4 aromatic rings. The lowest BCUT2D eigenvalue weighted by Crippen LogP contribution is -2.29. The predicted octanol–water partition coefficient (Wildman–Crippen LogP) is 2.93. The maximum atomic E-state index is 12.2. The number of hydrogen-bond donors (Lipinski definition) is 2. The number of hydrogen-bond acceptors (Lipinski definition) is 6. The molecule has 8 nitrogen and oxygen atoms in total. The molecule has 0 unspecified atom stereocenters. The van der Waals surface area contributed by atoms with Gasteiger partial charge in [-0.1, -0.05) is 17.7 Å². The standard InChI is InChI=1S/C18H14ClN7O/c1-11-2-3-13(19)8-15(11)26-17-14(9-23-26)16(21-10-22-17)24-25-18(27)12-4-6-20-7-5-12/h2-10H,1H3,(H,25,27)(H,21,22,24). The molecular formula is C18H14ClN7O. The zero-order chi connectivity index (χ0) is 18.8. The molecule has 0 aliphatic rings. The predicted molar refractivity (Wildman–Crippen MR) is 102 cm³/mol. The Morgan fingerprint density at radius 3 is 2.78 bits per heavy atom. The molecule has 1 aromatic carbocycles. The van der Waals surface area contributed by atoms with Crippen LogP contribution in [0.4, 0.5) is 5.82 Å². The van der Waals surface area contributed by atoms with E-state index in [0.29, 0.717) is 27.4 Å². The van der Waals surface area contributed by atoms with E-state index in [4.69, 9.17) is 11.6 Å². The van der Waals surface area contributed by atoms with Crippen molar-refractivity contribution in [3.63, 3.8) is 0 Å². The number of amides is 1. The molecule has 0 fully saturated rings. The van der Waals surface area contributed by atoms with Crippen molar-refractivity contribution in [2.24, 2.45) is 0 Å². The third-order valence-electron chi connectivity index (χ3n) is 4.00. The second-order valence-corrected chi connectivity index (χ2v) is 6.20. The number of halogens is 1. The number of aryl methyl sites for hydroxylation is 1. The van der Waals surface area contributed by atoms with Crippen LogP contribution in [0.1, 0.15) is 15.9 Å². The maximum Gasteiger partial charge on any atom is 0.269 e. The first-order valence-electron chi connectivity index (χ1n) is 8.05. The highest BCUT2D eigenvalue weighted by Gasteiger charge is 2.14. The Labute approximate surface area is 159 Å². The highest BCUT2D eigenvalue weighted by molar-refractivity contribution is 6.30. The largest absolute Gasteiger partial charge is 0.281 e. The van der Waals surface area contributed by atoms with E-state index in [9.17, 15) is 4.79 Å². The van der Waals surface area contributed by atoms with Gasteiger partial charge in [0.05, 0.1) is 17.3 Å². The Bertz CT molecular complexity index is 1130. The van der Waals surface area contributed by atoms with E-state index in [1.807, 2.05) is 25.1 Å². The number of nitrogens with one attached hydrogen (secondary N) is 2. The van der Waals surface area contributed by atoms with Crippen molar-refractivity contribution in [2.45, 2.75) is 6.92 Å². The van der Waals surface area contributed by atoms with E-state index in [2.05, 4.69) is 30.9 Å². The topological polar surface area (TPSA) is 97.6 Å². The van der Waals surface area contributed by atoms with Crippen LogP contribution in [0.5, 0.6) is 0 Å². The van der Waals surface area contributed by atoms with Gasteiger partial charge in [0.15, 0.2) is 11.5 Å². The fourth-order valence-electron chi connectivity index (χ4n) is 2.62. The first-order valence-corrected chi connectivity index (χ1v) is 8.43. The average molecular weight is 380 g/mol. The fraction of sp³-hybridized carbons (Fsp3) is 0.0556. The smallest absolute Gasteiger partial charge is 0.269 e. The number of fused-ring (bicyclic) bond motifs is 1. The van der Waals surface area contributed by atoms with Gasteiger partial charge < -0.3 is 0 Å². The zero-order valence-electron chi connectivity index (χ0n) is 14.2. The van der Waals surface area contributed by atoms with E-state index < -0.39 is 0 Å². The molecule has 0 radical (unpaired) electrons. The van der Waals surface area contributed by atoms with E-state index in [1.165, 1.54) is 6.33 Å². The van der Waals surface area contributed by atoms with Crippen molar-refractivity contribution in [2.75, 3.05) is 5.43 Å². The van der Waals surface area contributed by atoms with Crippen LogP contribution in [0.3, 0.4) is 0 Å². The molecule has 134 valence electrons. The average Bonchev–Trinajstić information content (AvgIpc) is 3.13. The minimum Gasteiger partial charge on any atom is -0.281 e. The monoisotopic (exact) mass is 379 g/mol. The molecule has 1 amide bonds. The van der Waals surface area contributed by atoms with Crippen molar-refractivity contribution in [1.82, 2.24) is 30.2 Å². The van der Waals surface area contributed by atoms with E-state index in [-0.39, 0.29) is 5.91 Å². The summed E-state index contributed by atoms with van der Waals surface area (Å²) in [7, 11) is 0. The van der Waals surface area contributed by atoms with Crippen LogP contribution in [0.15, 0.2) is 55.2 Å². The highest BCUT2D eigenvalue weighted by atomic mass is 35.5. The van der Waals surface area contributed by atoms with Crippen LogP contribution in [-0.4, -0.2) is 30.6 Å². The summed E-state index contributed by atoms with van der Waals surface area (Å²) in [6.07, 6.45) is 6.14. The summed E-state index contributed by atoms with van der Waals surface area (Å²) in [5, 5.41) is 5.67. The van der Waals surface area contributed by atoms with Gasteiger partial charge in [0.25, 0.3) is 5.91 Å². The lowest BCUT2D eigenvalue weighted by Gasteiger charge is -2.09. The molecule has 2 N–H and O–H groups in total. The molecular weight excluding hydrogens is 366 g/mol. The Hall–Kier alpha value is -3.52. The van der Waals surface area contributed by atoms with Crippen molar-refractivity contribution in [3.05, 3.63) is 71.4 Å². The van der Waals surface area contributed by atoms with Crippen molar-refractivity contribution in [3.8, 4) is 5.69 Å². The molecule has 27 heavy (non-hydrogen) atoms. The van der Waals surface area contributed by atoms with Crippen LogP contribution in [0, 0.1) is 6.92 Å². The second kappa shape index (κ2) is 7.00. The molecule has 0 aliphatic heterocycles. The molecule has 9 heteroatoms. The van der Waals surface area contributed by atoms with E-state index >= 15 is 0 Å². The van der Waals surface area contributed by atoms with Gasteiger partial charge in [0.1, 0.15) is 6.33 Å². The number of aromatic nitrogens is 5. The third-order valence-corrected chi connectivity index (χ3v) is 4.24. The summed E-state index contributed by atoms with van der Waals surface area (Å²) < 4.78 is 1.69. The number of hydrazine groups is 1. The number of anilines is 1. The second-order valence-electron chi connectivity index (χ2n) is 5.76. The Morgan fingerprint density at radius 2 is 1.96 bits per heavy atom. The fourth-order valence-corrected chi connectivity index (χ4v) is 2.79. The summed E-state index contributed by atoms with van der Waals surface area (Å²) >= 11 is 6.12. The van der Waals surface area contributed by atoms with E-state index in [1.54, 1.807) is 35.4 Å². The number of benzene rings is 1. The quantitative estimate of drug-likeness (QED) is 0.529. The zero-order valence-corrected chi connectivity index (χ0v) is 15.0. The van der Waals surface area contributed by atoms with Gasteiger partial charge in [-0.05, 0) is 36.8 Å². The summed E-state index contributed by atoms with van der Waals surface area (Å²) in [5.74, 6) is 0.135. The molecule has 3 heterocycles. The molecule has 0 spiro atoms. The van der Waals surface area contributed by atoms with E-state index in [0.717, 1.165) is 11.3 Å². The number of rotatable bonds is 4. The molecule has 0 atom stereocenters. The van der Waals surface area contributed by atoms with Gasteiger partial charge in [-0.2, -0.15) is 5.10 Å². The normalized spacial score (nSPS) is 10.7. The third kappa shape index (κ3) is 3.30. The molecule has 4 rings (SSSR count). The maximum absolute atomic E-state index is 12.2. The molecule has 0 saturated heterocycles. The number of pyridine rings is 1. The molecule has 0 aliphatic carbocycles. The molecule has 3 aromatic heterocycles. The Balaban J connectivity index is 1.65. The first kappa shape index (κ1) is 16.9. The van der Waals surface area contributed by atoms with Crippen LogP contribution >= 0.6 is 11.6 Å². The Kier molecular flexibility index (Phi) is 4.39. The van der Waals surface area contributed by atoms with Crippen LogP contribution in [-0.2, 0) is 0 Å². The lowest BCUT2D eigenvalue weighted by molar-refractivity contribution is 0.0962. The Morgan fingerprint density at radius 1 is 1.15 bits per heavy atom.